The Morgan fingerprint density at radius 3 is 2.81 bits per heavy atom. The van der Waals surface area contributed by atoms with E-state index < -0.39 is 0 Å². The minimum absolute atomic E-state index is 0.0225. The Morgan fingerprint density at radius 2 is 2.25 bits per heavy atom. The lowest BCUT2D eigenvalue weighted by Crippen LogP contribution is -2.15. The van der Waals surface area contributed by atoms with Gasteiger partial charge in [0, 0.05) is 16.8 Å². The number of amidine groups is 1. The highest BCUT2D eigenvalue weighted by atomic mass is 35.5. The molecule has 4 nitrogen and oxygen atoms in total. The normalized spacial score (nSPS) is 10.4. The average molecular weight is 235 g/mol. The second-order valence-electron chi connectivity index (χ2n) is 3.54. The molecule has 0 aliphatic rings. The topological polar surface area (TPSA) is 67.7 Å². The van der Waals surface area contributed by atoms with Crippen LogP contribution < -0.4 is 5.73 Å². The summed E-state index contributed by atoms with van der Waals surface area (Å²) in [4.78, 5) is 0. The summed E-state index contributed by atoms with van der Waals surface area (Å²) in [6.07, 6.45) is 3.62. The zero-order valence-corrected chi connectivity index (χ0v) is 9.49. The largest absolute Gasteiger partial charge is 0.384 e. The van der Waals surface area contributed by atoms with Crippen LogP contribution in [0.25, 0.3) is 5.69 Å². The first-order valence-electron chi connectivity index (χ1n) is 4.73. The number of nitrogens with two attached hydrogens (primary N) is 1. The van der Waals surface area contributed by atoms with E-state index in [4.69, 9.17) is 22.7 Å². The number of nitrogens with zero attached hydrogens (tertiary/aromatic N) is 2. The van der Waals surface area contributed by atoms with Crippen LogP contribution in [0.15, 0.2) is 30.6 Å². The first-order chi connectivity index (χ1) is 7.58. The van der Waals surface area contributed by atoms with Crippen molar-refractivity contribution in [2.45, 2.75) is 6.92 Å². The van der Waals surface area contributed by atoms with E-state index in [1.165, 1.54) is 0 Å². The standard InChI is InChI=1S/C11H11ClN4/c1-7-5-15-16(6-7)10-3-2-8(12)4-9(10)11(13)14/h2-6H,1H3,(H3,13,14). The van der Waals surface area contributed by atoms with Gasteiger partial charge < -0.3 is 5.73 Å². The van der Waals surface area contributed by atoms with Crippen molar-refractivity contribution in [3.8, 4) is 5.69 Å². The molecule has 1 aromatic heterocycles. The van der Waals surface area contributed by atoms with E-state index in [9.17, 15) is 0 Å². The fourth-order valence-electron chi connectivity index (χ4n) is 1.47. The summed E-state index contributed by atoms with van der Waals surface area (Å²) in [5.74, 6) is -0.0225. The van der Waals surface area contributed by atoms with Crippen molar-refractivity contribution in [1.29, 1.82) is 5.41 Å². The number of hydrogen-bond acceptors (Lipinski definition) is 2. The highest BCUT2D eigenvalue weighted by Gasteiger charge is 2.08. The maximum absolute atomic E-state index is 7.51. The Morgan fingerprint density at radius 1 is 1.50 bits per heavy atom. The molecule has 0 spiro atoms. The number of hydrogen-bond donors (Lipinski definition) is 2. The molecule has 5 heteroatoms. The summed E-state index contributed by atoms with van der Waals surface area (Å²) in [6, 6.07) is 5.21. The molecule has 1 aromatic carbocycles. The Kier molecular flexibility index (Phi) is 2.66. The van der Waals surface area contributed by atoms with Crippen LogP contribution in [-0.2, 0) is 0 Å². The van der Waals surface area contributed by atoms with Gasteiger partial charge in [-0.05, 0) is 30.7 Å². The van der Waals surface area contributed by atoms with E-state index in [0.29, 0.717) is 10.6 Å². The van der Waals surface area contributed by atoms with Crippen molar-refractivity contribution in [2.75, 3.05) is 0 Å². The smallest absolute Gasteiger partial charge is 0.125 e. The molecule has 3 N–H and O–H groups in total. The molecular weight excluding hydrogens is 224 g/mol. The van der Waals surface area contributed by atoms with E-state index in [0.717, 1.165) is 11.3 Å². The molecule has 0 aliphatic carbocycles. The van der Waals surface area contributed by atoms with Gasteiger partial charge in [-0.1, -0.05) is 11.6 Å². The molecule has 1 heterocycles. The minimum atomic E-state index is -0.0225. The van der Waals surface area contributed by atoms with Crippen molar-refractivity contribution in [3.63, 3.8) is 0 Å². The van der Waals surface area contributed by atoms with Crippen LogP contribution in [0, 0.1) is 12.3 Å². The molecule has 0 atom stereocenters. The van der Waals surface area contributed by atoms with Gasteiger partial charge in [0.15, 0.2) is 0 Å². The number of rotatable bonds is 2. The first-order valence-corrected chi connectivity index (χ1v) is 5.11. The molecule has 2 rings (SSSR count). The minimum Gasteiger partial charge on any atom is -0.384 e. The van der Waals surface area contributed by atoms with Crippen LogP contribution >= 0.6 is 11.6 Å². The Hall–Kier alpha value is -1.81. The molecule has 0 fully saturated rings. The van der Waals surface area contributed by atoms with Crippen LogP contribution in [0.2, 0.25) is 5.02 Å². The lowest BCUT2D eigenvalue weighted by Gasteiger charge is -2.08. The van der Waals surface area contributed by atoms with Crippen LogP contribution in [0.4, 0.5) is 0 Å². The van der Waals surface area contributed by atoms with Gasteiger partial charge >= 0.3 is 0 Å². The molecule has 0 radical (unpaired) electrons. The highest BCUT2D eigenvalue weighted by Crippen LogP contribution is 2.19. The van der Waals surface area contributed by atoms with Gasteiger partial charge in [0.1, 0.15) is 5.84 Å². The summed E-state index contributed by atoms with van der Waals surface area (Å²) in [5.41, 5.74) is 7.89. The summed E-state index contributed by atoms with van der Waals surface area (Å²) >= 11 is 5.87. The third kappa shape index (κ3) is 1.92. The molecular formula is C11H11ClN4. The third-order valence-electron chi connectivity index (χ3n) is 2.21. The van der Waals surface area contributed by atoms with Gasteiger partial charge in [0.05, 0.1) is 11.9 Å². The van der Waals surface area contributed by atoms with E-state index >= 15 is 0 Å². The van der Waals surface area contributed by atoms with Crippen LogP contribution in [0.1, 0.15) is 11.1 Å². The Bertz CT molecular complexity index is 545. The Labute approximate surface area is 98.2 Å². The second-order valence-corrected chi connectivity index (χ2v) is 3.97. The number of nitrogens with one attached hydrogen (secondary N) is 1. The average Bonchev–Trinajstić information content (AvgIpc) is 2.64. The van der Waals surface area contributed by atoms with E-state index in [1.54, 1.807) is 29.1 Å². The number of aromatic nitrogens is 2. The van der Waals surface area contributed by atoms with Crippen molar-refractivity contribution >= 4 is 17.4 Å². The van der Waals surface area contributed by atoms with E-state index in [-0.39, 0.29) is 5.84 Å². The van der Waals surface area contributed by atoms with Crippen molar-refractivity contribution in [1.82, 2.24) is 9.78 Å². The SMILES string of the molecule is Cc1cnn(-c2ccc(Cl)cc2C(=N)N)c1. The first kappa shape index (κ1) is 10.7. The molecule has 0 aliphatic heterocycles. The van der Waals surface area contributed by atoms with Crippen molar-refractivity contribution in [2.24, 2.45) is 5.73 Å². The van der Waals surface area contributed by atoms with Crippen molar-refractivity contribution < 1.29 is 0 Å². The summed E-state index contributed by atoms with van der Waals surface area (Å²) in [7, 11) is 0. The lowest BCUT2D eigenvalue weighted by atomic mass is 10.1. The van der Waals surface area contributed by atoms with Gasteiger partial charge in [0.25, 0.3) is 0 Å². The van der Waals surface area contributed by atoms with E-state index in [2.05, 4.69) is 5.10 Å². The fraction of sp³-hybridized carbons (Fsp3) is 0.0909. The predicted molar refractivity (Wildman–Crippen MR) is 64.3 cm³/mol. The molecule has 0 saturated heterocycles. The summed E-state index contributed by atoms with van der Waals surface area (Å²) < 4.78 is 1.68. The molecule has 2 aromatic rings. The predicted octanol–water partition coefficient (Wildman–Crippen LogP) is 2.12. The van der Waals surface area contributed by atoms with Gasteiger partial charge in [-0.2, -0.15) is 5.10 Å². The molecule has 82 valence electrons. The number of aryl methyl sites for hydroxylation is 1. The second kappa shape index (κ2) is 3.98. The zero-order chi connectivity index (χ0) is 11.7. The lowest BCUT2D eigenvalue weighted by molar-refractivity contribution is 0.877. The van der Waals surface area contributed by atoms with Gasteiger partial charge in [0.2, 0.25) is 0 Å². The van der Waals surface area contributed by atoms with Crippen LogP contribution in [-0.4, -0.2) is 15.6 Å². The van der Waals surface area contributed by atoms with Crippen LogP contribution in [0.3, 0.4) is 0 Å². The maximum Gasteiger partial charge on any atom is 0.125 e. The molecule has 16 heavy (non-hydrogen) atoms. The Balaban J connectivity index is 2.60. The molecule has 0 bridgehead atoms. The van der Waals surface area contributed by atoms with Crippen molar-refractivity contribution in [3.05, 3.63) is 46.7 Å². The monoisotopic (exact) mass is 234 g/mol. The highest BCUT2D eigenvalue weighted by molar-refractivity contribution is 6.31. The zero-order valence-electron chi connectivity index (χ0n) is 8.74. The van der Waals surface area contributed by atoms with Gasteiger partial charge in [-0.3, -0.25) is 5.41 Å². The number of nitrogen functional groups attached to an aromatic ring is 1. The fourth-order valence-corrected chi connectivity index (χ4v) is 1.64. The van der Waals surface area contributed by atoms with Gasteiger partial charge in [-0.25, -0.2) is 4.68 Å². The quantitative estimate of drug-likeness (QED) is 0.617. The maximum atomic E-state index is 7.51. The molecule has 0 unspecified atom stereocenters. The summed E-state index contributed by atoms with van der Waals surface area (Å²) in [5, 5.41) is 12.2. The van der Waals surface area contributed by atoms with Crippen LogP contribution in [0.5, 0.6) is 0 Å². The molecule has 0 saturated carbocycles. The van der Waals surface area contributed by atoms with E-state index in [1.807, 2.05) is 13.1 Å². The number of halogens is 1. The number of benzene rings is 1. The third-order valence-corrected chi connectivity index (χ3v) is 2.44. The molecule has 0 amide bonds. The summed E-state index contributed by atoms with van der Waals surface area (Å²) in [6.45, 7) is 1.95. The van der Waals surface area contributed by atoms with Gasteiger partial charge in [-0.15, -0.1) is 0 Å².